The predicted octanol–water partition coefficient (Wildman–Crippen LogP) is 1.73. The standard InChI is InChI=1S/C15H12N2O2/c18-12-6-3-7-17-13(12)16-14(19)15(17)8-10-4-1-2-5-11(10)9-15/h1-7,18H,8-9H2. The van der Waals surface area contributed by atoms with E-state index in [0.717, 1.165) is 0 Å². The highest BCUT2D eigenvalue weighted by Gasteiger charge is 2.53. The monoisotopic (exact) mass is 252 g/mol. The van der Waals surface area contributed by atoms with Crippen LogP contribution in [0, 0.1) is 0 Å². The van der Waals surface area contributed by atoms with Crippen LogP contribution in [0.25, 0.3) is 0 Å². The second-order valence-corrected chi connectivity index (χ2v) is 5.16. The number of hydrogen-bond acceptors (Lipinski definition) is 3. The van der Waals surface area contributed by atoms with Crippen LogP contribution in [0.3, 0.4) is 0 Å². The number of hydrogen-bond donors (Lipinski definition) is 1. The largest absolute Gasteiger partial charge is 0.504 e. The summed E-state index contributed by atoms with van der Waals surface area (Å²) in [6.45, 7) is 0. The van der Waals surface area contributed by atoms with Gasteiger partial charge in [-0.15, -0.1) is 0 Å². The Kier molecular flexibility index (Phi) is 1.86. The topological polar surface area (TPSA) is 52.9 Å². The smallest absolute Gasteiger partial charge is 0.274 e. The lowest BCUT2D eigenvalue weighted by atomic mass is 9.93. The number of carbonyl (C=O) groups excluding carboxylic acids is 1. The minimum absolute atomic E-state index is 0.0590. The van der Waals surface area contributed by atoms with Gasteiger partial charge in [-0.3, -0.25) is 4.79 Å². The fourth-order valence-corrected chi connectivity index (χ4v) is 3.17. The number of aliphatic hydroxyl groups excluding tert-OH is 1. The summed E-state index contributed by atoms with van der Waals surface area (Å²) in [4.78, 5) is 18.2. The summed E-state index contributed by atoms with van der Waals surface area (Å²) in [5, 5.41) is 9.84. The van der Waals surface area contributed by atoms with Crippen molar-refractivity contribution in [2.75, 3.05) is 0 Å². The third-order valence-corrected chi connectivity index (χ3v) is 4.10. The van der Waals surface area contributed by atoms with Crippen molar-refractivity contribution in [3.05, 3.63) is 59.5 Å². The highest BCUT2D eigenvalue weighted by atomic mass is 16.3. The zero-order chi connectivity index (χ0) is 13.0. The van der Waals surface area contributed by atoms with Gasteiger partial charge in [-0.1, -0.05) is 24.3 Å². The van der Waals surface area contributed by atoms with Crippen molar-refractivity contribution in [3.8, 4) is 0 Å². The molecule has 1 aromatic rings. The van der Waals surface area contributed by atoms with Crippen molar-refractivity contribution in [3.63, 3.8) is 0 Å². The van der Waals surface area contributed by atoms with Crippen LogP contribution in [-0.4, -0.2) is 27.3 Å². The molecule has 2 heterocycles. The number of fused-ring (bicyclic) bond motifs is 3. The zero-order valence-electron chi connectivity index (χ0n) is 10.2. The van der Waals surface area contributed by atoms with Crippen LogP contribution >= 0.6 is 0 Å². The number of aliphatic imine (C=N–C) groups is 1. The van der Waals surface area contributed by atoms with E-state index in [-0.39, 0.29) is 11.7 Å². The molecule has 0 aromatic heterocycles. The van der Waals surface area contributed by atoms with Crippen LogP contribution in [0.2, 0.25) is 0 Å². The van der Waals surface area contributed by atoms with Gasteiger partial charge >= 0.3 is 0 Å². The first kappa shape index (κ1) is 10.6. The summed E-state index contributed by atoms with van der Waals surface area (Å²) in [6.07, 6.45) is 6.43. The third-order valence-electron chi connectivity index (χ3n) is 4.10. The van der Waals surface area contributed by atoms with E-state index in [1.54, 1.807) is 12.2 Å². The molecule has 0 fully saturated rings. The molecule has 0 saturated carbocycles. The van der Waals surface area contributed by atoms with Crippen molar-refractivity contribution in [1.29, 1.82) is 0 Å². The van der Waals surface area contributed by atoms with Crippen molar-refractivity contribution >= 4 is 11.7 Å². The number of aliphatic hydroxyl groups is 1. The van der Waals surface area contributed by atoms with Crippen molar-refractivity contribution in [1.82, 2.24) is 4.90 Å². The molecule has 1 aliphatic carbocycles. The molecule has 1 amide bonds. The first-order valence-corrected chi connectivity index (χ1v) is 6.28. The minimum Gasteiger partial charge on any atom is -0.504 e. The van der Waals surface area contributed by atoms with E-state index in [4.69, 9.17) is 0 Å². The number of benzene rings is 1. The second kappa shape index (κ2) is 3.35. The Bertz CT molecular complexity index is 660. The van der Waals surface area contributed by atoms with Gasteiger partial charge in [0.05, 0.1) is 0 Å². The van der Waals surface area contributed by atoms with E-state index in [9.17, 15) is 9.90 Å². The van der Waals surface area contributed by atoms with Crippen LogP contribution < -0.4 is 0 Å². The number of amides is 1. The van der Waals surface area contributed by atoms with Crippen LogP contribution in [0.4, 0.5) is 0 Å². The van der Waals surface area contributed by atoms with Crippen LogP contribution in [-0.2, 0) is 17.6 Å². The Balaban J connectivity index is 1.82. The summed E-state index contributed by atoms with van der Waals surface area (Å²) in [5.74, 6) is 0.272. The van der Waals surface area contributed by atoms with Crippen molar-refractivity contribution in [2.45, 2.75) is 18.4 Å². The average molecular weight is 252 g/mol. The molecule has 0 saturated heterocycles. The van der Waals surface area contributed by atoms with E-state index in [1.165, 1.54) is 11.1 Å². The van der Waals surface area contributed by atoms with Gasteiger partial charge < -0.3 is 10.0 Å². The third kappa shape index (κ3) is 1.23. The molecule has 0 unspecified atom stereocenters. The molecular formula is C15H12N2O2. The van der Waals surface area contributed by atoms with Gasteiger partial charge in [-0.2, -0.15) is 4.99 Å². The SMILES string of the molecule is O=C1N=C2C(O)=CC=CN2C12Cc1ccccc1C2. The maximum Gasteiger partial charge on any atom is 0.274 e. The molecular weight excluding hydrogens is 240 g/mol. The molecule has 3 aliphatic rings. The maximum atomic E-state index is 12.4. The minimum atomic E-state index is -0.669. The lowest BCUT2D eigenvalue weighted by Crippen LogP contribution is -2.50. The lowest BCUT2D eigenvalue weighted by Gasteiger charge is -2.33. The van der Waals surface area contributed by atoms with Crippen molar-refractivity contribution < 1.29 is 9.90 Å². The molecule has 0 atom stereocenters. The fourth-order valence-electron chi connectivity index (χ4n) is 3.17. The Labute approximate surface area is 110 Å². The Morgan fingerprint density at radius 1 is 1.21 bits per heavy atom. The fraction of sp³-hybridized carbons (Fsp3) is 0.200. The van der Waals surface area contributed by atoms with Gasteiger partial charge in [0.2, 0.25) is 0 Å². The lowest BCUT2D eigenvalue weighted by molar-refractivity contribution is -0.124. The quantitative estimate of drug-likeness (QED) is 0.765. The van der Waals surface area contributed by atoms with Gasteiger partial charge in [0.15, 0.2) is 11.6 Å². The highest BCUT2D eigenvalue weighted by Crippen LogP contribution is 2.40. The molecule has 94 valence electrons. The van der Waals surface area contributed by atoms with Gasteiger partial charge in [-0.05, 0) is 23.3 Å². The molecule has 2 aliphatic heterocycles. The number of nitrogens with zero attached hydrogens (tertiary/aromatic N) is 2. The number of carbonyl (C=O) groups is 1. The first-order chi connectivity index (χ1) is 9.21. The second-order valence-electron chi connectivity index (χ2n) is 5.16. The van der Waals surface area contributed by atoms with E-state index in [2.05, 4.69) is 17.1 Å². The normalized spacial score (nSPS) is 22.3. The van der Waals surface area contributed by atoms with Gasteiger partial charge in [-0.25, -0.2) is 0 Å². The van der Waals surface area contributed by atoms with Crippen LogP contribution in [0.15, 0.2) is 53.4 Å². The molecule has 4 heteroatoms. The Morgan fingerprint density at radius 3 is 2.58 bits per heavy atom. The van der Waals surface area contributed by atoms with Gasteiger partial charge in [0.25, 0.3) is 5.91 Å². The van der Waals surface area contributed by atoms with Crippen molar-refractivity contribution in [2.24, 2.45) is 4.99 Å². The first-order valence-electron chi connectivity index (χ1n) is 6.28. The number of allylic oxidation sites excluding steroid dienone is 2. The summed E-state index contributed by atoms with van der Waals surface area (Å²) in [6, 6.07) is 8.09. The maximum absolute atomic E-state index is 12.4. The van der Waals surface area contributed by atoms with E-state index < -0.39 is 5.54 Å². The Morgan fingerprint density at radius 2 is 1.89 bits per heavy atom. The zero-order valence-corrected chi connectivity index (χ0v) is 10.2. The van der Waals surface area contributed by atoms with Gasteiger partial charge in [0.1, 0.15) is 5.54 Å². The van der Waals surface area contributed by atoms with E-state index in [1.807, 2.05) is 23.2 Å². The number of amidine groups is 1. The molecule has 1 N–H and O–H groups in total. The summed E-state index contributed by atoms with van der Waals surface area (Å²) in [7, 11) is 0. The summed E-state index contributed by atoms with van der Waals surface area (Å²) >= 11 is 0. The van der Waals surface area contributed by atoms with E-state index >= 15 is 0 Å². The predicted molar refractivity (Wildman–Crippen MR) is 70.7 cm³/mol. The summed E-state index contributed by atoms with van der Waals surface area (Å²) < 4.78 is 0. The molecule has 4 nitrogen and oxygen atoms in total. The average Bonchev–Trinajstić information content (AvgIpc) is 2.92. The highest BCUT2D eigenvalue weighted by molar-refractivity contribution is 6.14. The van der Waals surface area contributed by atoms with E-state index in [0.29, 0.717) is 18.7 Å². The van der Waals surface area contributed by atoms with Crippen LogP contribution in [0.5, 0.6) is 0 Å². The molecule has 19 heavy (non-hydrogen) atoms. The number of rotatable bonds is 0. The molecule has 1 aromatic carbocycles. The molecule has 0 radical (unpaired) electrons. The molecule has 4 rings (SSSR count). The Hall–Kier alpha value is -2.36. The van der Waals surface area contributed by atoms with Gasteiger partial charge in [0, 0.05) is 19.0 Å². The molecule has 1 spiro atoms. The molecule has 0 bridgehead atoms. The summed E-state index contributed by atoms with van der Waals surface area (Å²) in [5.41, 5.74) is 1.71. The van der Waals surface area contributed by atoms with Crippen LogP contribution in [0.1, 0.15) is 11.1 Å².